The third kappa shape index (κ3) is 3.26. The molecule has 0 bridgehead atoms. The van der Waals surface area contributed by atoms with E-state index in [-0.39, 0.29) is 5.91 Å². The van der Waals surface area contributed by atoms with Crippen molar-refractivity contribution in [2.45, 2.75) is 12.5 Å². The number of carbonyl (C=O) groups is 1. The van der Waals surface area contributed by atoms with Gasteiger partial charge in [0, 0.05) is 44.0 Å². The van der Waals surface area contributed by atoms with Crippen LogP contribution in [0, 0.1) is 0 Å². The molecule has 1 fully saturated rings. The number of rotatable bonds is 4. The first-order chi connectivity index (χ1) is 10.8. The first kappa shape index (κ1) is 14.5. The number of pyridine rings is 1. The Morgan fingerprint density at radius 3 is 2.77 bits per heavy atom. The second-order valence-electron chi connectivity index (χ2n) is 5.34. The predicted octanol–water partition coefficient (Wildman–Crippen LogP) is 2.56. The van der Waals surface area contributed by atoms with Crippen LogP contribution in [0.25, 0.3) is 0 Å². The van der Waals surface area contributed by atoms with Crippen LogP contribution in [0.1, 0.15) is 16.8 Å². The minimum atomic E-state index is -0.151. The molecule has 1 aromatic carbocycles. The first-order valence-corrected chi connectivity index (χ1v) is 7.35. The average molecular weight is 297 g/mol. The molecule has 1 amide bonds. The van der Waals surface area contributed by atoms with Gasteiger partial charge in [-0.05, 0) is 42.8 Å². The van der Waals surface area contributed by atoms with Crippen LogP contribution in [-0.2, 0) is 4.74 Å². The van der Waals surface area contributed by atoms with Crippen LogP contribution < -0.4 is 10.2 Å². The summed E-state index contributed by atoms with van der Waals surface area (Å²) in [5.74, 6) is -0.151. The van der Waals surface area contributed by atoms with Gasteiger partial charge in [0.1, 0.15) is 0 Å². The number of aromatic nitrogens is 1. The number of methoxy groups -OCH3 is 1. The summed E-state index contributed by atoms with van der Waals surface area (Å²) in [6.07, 6.45) is 4.56. The van der Waals surface area contributed by atoms with Crippen molar-refractivity contribution in [3.63, 3.8) is 0 Å². The number of carbonyl (C=O) groups excluding carboxylic acids is 1. The van der Waals surface area contributed by atoms with Crippen molar-refractivity contribution in [2.24, 2.45) is 0 Å². The lowest BCUT2D eigenvalue weighted by Crippen LogP contribution is -2.22. The topological polar surface area (TPSA) is 54.5 Å². The summed E-state index contributed by atoms with van der Waals surface area (Å²) in [6, 6.07) is 11.4. The van der Waals surface area contributed by atoms with Crippen LogP contribution in [0.4, 0.5) is 11.4 Å². The van der Waals surface area contributed by atoms with E-state index in [1.807, 2.05) is 24.3 Å². The molecule has 1 aliphatic rings. The van der Waals surface area contributed by atoms with Gasteiger partial charge >= 0.3 is 0 Å². The van der Waals surface area contributed by atoms with Crippen LogP contribution in [-0.4, -0.2) is 37.2 Å². The second kappa shape index (κ2) is 6.58. The van der Waals surface area contributed by atoms with Gasteiger partial charge in [-0.3, -0.25) is 9.78 Å². The van der Waals surface area contributed by atoms with Gasteiger partial charge in [0.05, 0.1) is 11.7 Å². The lowest BCUT2D eigenvalue weighted by molar-refractivity contribution is 0.102. The fraction of sp³-hybridized carbons (Fsp3) is 0.294. The van der Waals surface area contributed by atoms with Crippen molar-refractivity contribution in [1.29, 1.82) is 0 Å². The molecular formula is C17H19N3O2. The lowest BCUT2D eigenvalue weighted by atomic mass is 10.2. The minimum absolute atomic E-state index is 0.151. The molecule has 5 nitrogen and oxygen atoms in total. The molecule has 2 heterocycles. The van der Waals surface area contributed by atoms with Gasteiger partial charge in [0.15, 0.2) is 0 Å². The molecule has 114 valence electrons. The zero-order chi connectivity index (χ0) is 15.4. The molecule has 1 atom stereocenters. The smallest absolute Gasteiger partial charge is 0.257 e. The predicted molar refractivity (Wildman–Crippen MR) is 86.3 cm³/mol. The zero-order valence-electron chi connectivity index (χ0n) is 12.5. The molecule has 1 aliphatic heterocycles. The molecular weight excluding hydrogens is 278 g/mol. The van der Waals surface area contributed by atoms with Crippen molar-refractivity contribution in [1.82, 2.24) is 4.98 Å². The monoisotopic (exact) mass is 297 g/mol. The molecule has 1 N–H and O–H groups in total. The number of hydrogen-bond acceptors (Lipinski definition) is 4. The van der Waals surface area contributed by atoms with Crippen molar-refractivity contribution < 1.29 is 9.53 Å². The number of amides is 1. The maximum atomic E-state index is 12.1. The van der Waals surface area contributed by atoms with E-state index in [0.717, 1.165) is 30.9 Å². The van der Waals surface area contributed by atoms with Gasteiger partial charge in [-0.2, -0.15) is 0 Å². The van der Waals surface area contributed by atoms with E-state index in [4.69, 9.17) is 4.74 Å². The molecule has 1 aromatic heterocycles. The Bertz CT molecular complexity index is 628. The molecule has 0 saturated carbocycles. The highest BCUT2D eigenvalue weighted by Gasteiger charge is 2.22. The van der Waals surface area contributed by atoms with E-state index in [1.165, 1.54) is 0 Å². The summed E-state index contributed by atoms with van der Waals surface area (Å²) in [5, 5.41) is 2.87. The van der Waals surface area contributed by atoms with Crippen LogP contribution in [0.2, 0.25) is 0 Å². The van der Waals surface area contributed by atoms with E-state index in [2.05, 4.69) is 15.2 Å². The Morgan fingerprint density at radius 2 is 2.14 bits per heavy atom. The summed E-state index contributed by atoms with van der Waals surface area (Å²) < 4.78 is 5.38. The minimum Gasteiger partial charge on any atom is -0.380 e. The van der Waals surface area contributed by atoms with Gasteiger partial charge in [0.25, 0.3) is 5.91 Å². The Kier molecular flexibility index (Phi) is 4.34. The van der Waals surface area contributed by atoms with Gasteiger partial charge in [-0.1, -0.05) is 0 Å². The number of nitrogens with zero attached hydrogens (tertiary/aromatic N) is 2. The summed E-state index contributed by atoms with van der Waals surface area (Å²) in [5.41, 5.74) is 2.48. The van der Waals surface area contributed by atoms with Gasteiger partial charge in [-0.15, -0.1) is 0 Å². The Labute approximate surface area is 129 Å². The summed E-state index contributed by atoms with van der Waals surface area (Å²) >= 11 is 0. The number of anilines is 2. The molecule has 0 aliphatic carbocycles. The fourth-order valence-corrected chi connectivity index (χ4v) is 2.61. The molecule has 2 aromatic rings. The molecule has 22 heavy (non-hydrogen) atoms. The van der Waals surface area contributed by atoms with Crippen molar-refractivity contribution >= 4 is 17.3 Å². The second-order valence-corrected chi connectivity index (χ2v) is 5.34. The SMILES string of the molecule is CO[C@H]1CCN(c2ccc(NC(=O)c3cccnc3)cc2)C1. The van der Waals surface area contributed by atoms with Gasteiger partial charge in [0.2, 0.25) is 0 Å². The molecule has 0 spiro atoms. The quantitative estimate of drug-likeness (QED) is 0.942. The Balaban J connectivity index is 1.64. The molecule has 5 heteroatoms. The maximum absolute atomic E-state index is 12.1. The van der Waals surface area contributed by atoms with Crippen LogP contribution in [0.15, 0.2) is 48.8 Å². The van der Waals surface area contributed by atoms with Crippen molar-refractivity contribution in [3.8, 4) is 0 Å². The highest BCUT2D eigenvalue weighted by atomic mass is 16.5. The number of nitrogens with one attached hydrogen (secondary N) is 1. The van der Waals surface area contributed by atoms with Crippen LogP contribution >= 0.6 is 0 Å². The summed E-state index contributed by atoms with van der Waals surface area (Å²) in [6.45, 7) is 1.91. The zero-order valence-corrected chi connectivity index (χ0v) is 12.5. The highest BCUT2D eigenvalue weighted by Crippen LogP contribution is 2.23. The normalized spacial score (nSPS) is 17.5. The van der Waals surface area contributed by atoms with Gasteiger partial charge < -0.3 is 15.0 Å². The fourth-order valence-electron chi connectivity index (χ4n) is 2.61. The number of ether oxygens (including phenoxy) is 1. The lowest BCUT2D eigenvalue weighted by Gasteiger charge is -2.18. The summed E-state index contributed by atoms with van der Waals surface area (Å²) in [4.78, 5) is 18.3. The van der Waals surface area contributed by atoms with E-state index < -0.39 is 0 Å². The molecule has 3 rings (SSSR count). The average Bonchev–Trinajstić information content (AvgIpc) is 3.05. The summed E-state index contributed by atoms with van der Waals surface area (Å²) in [7, 11) is 1.76. The molecule has 0 unspecified atom stereocenters. The highest BCUT2D eigenvalue weighted by molar-refractivity contribution is 6.04. The van der Waals surface area contributed by atoms with Crippen molar-refractivity contribution in [3.05, 3.63) is 54.4 Å². The molecule has 0 radical (unpaired) electrons. The van der Waals surface area contributed by atoms with E-state index in [9.17, 15) is 4.79 Å². The first-order valence-electron chi connectivity index (χ1n) is 7.35. The Hall–Kier alpha value is -2.40. The van der Waals surface area contributed by atoms with Crippen LogP contribution in [0.3, 0.4) is 0 Å². The third-order valence-electron chi connectivity index (χ3n) is 3.89. The van der Waals surface area contributed by atoms with E-state index in [0.29, 0.717) is 11.7 Å². The Morgan fingerprint density at radius 1 is 1.32 bits per heavy atom. The molecule has 1 saturated heterocycles. The number of benzene rings is 1. The van der Waals surface area contributed by atoms with Gasteiger partial charge in [-0.25, -0.2) is 0 Å². The standard InChI is InChI=1S/C17H19N3O2/c1-22-16-8-10-20(12-16)15-6-4-14(5-7-15)19-17(21)13-3-2-9-18-11-13/h2-7,9,11,16H,8,10,12H2,1H3,(H,19,21)/t16-/m0/s1. The van der Waals surface area contributed by atoms with Crippen LogP contribution in [0.5, 0.6) is 0 Å². The largest absolute Gasteiger partial charge is 0.380 e. The van der Waals surface area contributed by atoms with Crippen molar-refractivity contribution in [2.75, 3.05) is 30.4 Å². The number of hydrogen-bond donors (Lipinski definition) is 1. The van der Waals surface area contributed by atoms with E-state index >= 15 is 0 Å². The third-order valence-corrected chi connectivity index (χ3v) is 3.89. The maximum Gasteiger partial charge on any atom is 0.257 e. The van der Waals surface area contributed by atoms with E-state index in [1.54, 1.807) is 31.6 Å².